The standard InChI is InChI=1S/C25H21FN8O2/c1-25(36,15-31-21-7-4-16(10-27)12-30-21)23(26)22(33-24(35)18-3-2-8-29-14-18)20-6-5-19-9-17(11-28)13-32-34(19)20/h2-9,12-14,22-23,36H,15H2,1H3,(H,30,31)(H,33,35)/t22-,23-,25-/m1/s1. The van der Waals surface area contributed by atoms with Crippen LogP contribution in [0, 0.1) is 22.7 Å². The average Bonchev–Trinajstić information content (AvgIpc) is 3.33. The molecular formula is C25H21FN8O2. The number of pyridine rings is 2. The summed E-state index contributed by atoms with van der Waals surface area (Å²) in [4.78, 5) is 20.9. The molecule has 4 heterocycles. The number of rotatable bonds is 8. The van der Waals surface area contributed by atoms with Crippen molar-refractivity contribution in [1.82, 2.24) is 24.9 Å². The summed E-state index contributed by atoms with van der Waals surface area (Å²) in [5.41, 5.74) is -0.270. The van der Waals surface area contributed by atoms with Crippen molar-refractivity contribution in [3.63, 3.8) is 0 Å². The van der Waals surface area contributed by atoms with Gasteiger partial charge >= 0.3 is 0 Å². The van der Waals surface area contributed by atoms with Gasteiger partial charge in [-0.1, -0.05) is 0 Å². The Morgan fingerprint density at radius 3 is 2.64 bits per heavy atom. The molecule has 1 amide bonds. The topological polar surface area (TPSA) is 152 Å². The van der Waals surface area contributed by atoms with Crippen molar-refractivity contribution in [2.75, 3.05) is 11.9 Å². The number of amides is 1. The van der Waals surface area contributed by atoms with Gasteiger partial charge in [0.15, 0.2) is 6.17 Å². The maximum atomic E-state index is 16.1. The number of aromatic nitrogens is 4. The number of aliphatic hydroxyl groups is 1. The van der Waals surface area contributed by atoms with Gasteiger partial charge in [0.25, 0.3) is 5.91 Å². The van der Waals surface area contributed by atoms with E-state index in [0.29, 0.717) is 22.5 Å². The van der Waals surface area contributed by atoms with Crippen molar-refractivity contribution in [2.24, 2.45) is 0 Å². The van der Waals surface area contributed by atoms with E-state index >= 15 is 4.39 Å². The Hall–Kier alpha value is -4.87. The van der Waals surface area contributed by atoms with Crippen molar-refractivity contribution in [1.29, 1.82) is 10.5 Å². The summed E-state index contributed by atoms with van der Waals surface area (Å²) in [7, 11) is 0. The van der Waals surface area contributed by atoms with Gasteiger partial charge in [-0.25, -0.2) is 13.9 Å². The molecule has 0 unspecified atom stereocenters. The maximum absolute atomic E-state index is 16.1. The van der Waals surface area contributed by atoms with Crippen LogP contribution in [0.15, 0.2) is 67.3 Å². The van der Waals surface area contributed by atoms with Gasteiger partial charge in [0.05, 0.1) is 34.1 Å². The molecule has 0 bridgehead atoms. The smallest absolute Gasteiger partial charge is 0.253 e. The average molecular weight is 484 g/mol. The molecule has 0 fully saturated rings. The zero-order valence-electron chi connectivity index (χ0n) is 19.1. The van der Waals surface area contributed by atoms with Crippen molar-refractivity contribution in [2.45, 2.75) is 24.7 Å². The van der Waals surface area contributed by atoms with Crippen molar-refractivity contribution >= 4 is 17.2 Å². The Labute approximate surface area is 205 Å². The number of anilines is 1. The molecule has 0 aliphatic carbocycles. The fourth-order valence-corrected chi connectivity index (χ4v) is 3.63. The highest BCUT2D eigenvalue weighted by molar-refractivity contribution is 5.94. The molecule has 4 rings (SSSR count). The summed E-state index contributed by atoms with van der Waals surface area (Å²) in [6.07, 6.45) is 3.55. The second kappa shape index (κ2) is 10.2. The summed E-state index contributed by atoms with van der Waals surface area (Å²) < 4.78 is 17.5. The minimum Gasteiger partial charge on any atom is -0.385 e. The van der Waals surface area contributed by atoms with E-state index in [1.54, 1.807) is 36.4 Å². The largest absolute Gasteiger partial charge is 0.385 e. The molecule has 11 heteroatoms. The fraction of sp³-hybridized carbons (Fsp3) is 0.200. The minimum absolute atomic E-state index is 0.217. The van der Waals surface area contributed by atoms with Crippen LogP contribution in [0.2, 0.25) is 0 Å². The zero-order valence-corrected chi connectivity index (χ0v) is 19.1. The molecule has 0 aliphatic rings. The van der Waals surface area contributed by atoms with Gasteiger partial charge < -0.3 is 15.7 Å². The summed E-state index contributed by atoms with van der Waals surface area (Å²) in [6, 6.07) is 13.7. The van der Waals surface area contributed by atoms with Crippen molar-refractivity contribution in [3.05, 3.63) is 89.6 Å². The summed E-state index contributed by atoms with van der Waals surface area (Å²) in [5.74, 6) is -0.242. The number of nitriles is 2. The molecule has 0 saturated carbocycles. The minimum atomic E-state index is -2.00. The quantitative estimate of drug-likeness (QED) is 0.345. The number of halogens is 1. The van der Waals surface area contributed by atoms with Gasteiger partial charge in [0.1, 0.15) is 29.6 Å². The van der Waals surface area contributed by atoms with E-state index < -0.39 is 23.7 Å². The lowest BCUT2D eigenvalue weighted by atomic mass is 9.92. The molecule has 4 aromatic heterocycles. The van der Waals surface area contributed by atoms with E-state index in [1.807, 2.05) is 12.1 Å². The molecule has 0 aromatic carbocycles. The molecular weight excluding hydrogens is 463 g/mol. The number of carbonyl (C=O) groups excluding carboxylic acids is 1. The third-order valence-electron chi connectivity index (χ3n) is 5.59. The highest BCUT2D eigenvalue weighted by Crippen LogP contribution is 2.30. The van der Waals surface area contributed by atoms with Gasteiger partial charge in [-0.2, -0.15) is 15.6 Å². The molecule has 0 radical (unpaired) electrons. The number of nitrogens with zero attached hydrogens (tertiary/aromatic N) is 6. The van der Waals surface area contributed by atoms with Gasteiger partial charge in [0.2, 0.25) is 0 Å². The van der Waals surface area contributed by atoms with E-state index in [2.05, 4.69) is 25.7 Å². The second-order valence-corrected chi connectivity index (χ2v) is 8.30. The third-order valence-corrected chi connectivity index (χ3v) is 5.59. The molecule has 0 saturated heterocycles. The van der Waals surface area contributed by atoms with Crippen LogP contribution in [-0.4, -0.2) is 48.9 Å². The number of nitrogens with one attached hydrogen (secondary N) is 2. The Kier molecular flexibility index (Phi) is 6.86. The highest BCUT2D eigenvalue weighted by atomic mass is 19.1. The van der Waals surface area contributed by atoms with E-state index in [0.717, 1.165) is 0 Å². The van der Waals surface area contributed by atoms with Crippen LogP contribution in [0.1, 0.15) is 40.1 Å². The first-order valence-corrected chi connectivity index (χ1v) is 10.9. The molecule has 4 aromatic rings. The fourth-order valence-electron chi connectivity index (χ4n) is 3.63. The van der Waals surface area contributed by atoms with E-state index in [9.17, 15) is 9.90 Å². The third kappa shape index (κ3) is 5.12. The van der Waals surface area contributed by atoms with Crippen LogP contribution >= 0.6 is 0 Å². The molecule has 10 nitrogen and oxygen atoms in total. The first kappa shape index (κ1) is 24.3. The van der Waals surface area contributed by atoms with E-state index in [1.165, 1.54) is 42.3 Å². The maximum Gasteiger partial charge on any atom is 0.253 e. The summed E-state index contributed by atoms with van der Waals surface area (Å²) in [5, 5.41) is 38.9. The normalized spacial score (nSPS) is 14.1. The predicted molar refractivity (Wildman–Crippen MR) is 127 cm³/mol. The number of hydrogen-bond donors (Lipinski definition) is 3. The van der Waals surface area contributed by atoms with E-state index in [4.69, 9.17) is 10.5 Å². The lowest BCUT2D eigenvalue weighted by molar-refractivity contribution is -0.0253. The molecule has 36 heavy (non-hydrogen) atoms. The highest BCUT2D eigenvalue weighted by Gasteiger charge is 2.41. The Balaban J connectivity index is 1.64. The number of carbonyl (C=O) groups is 1. The molecule has 0 spiro atoms. The van der Waals surface area contributed by atoms with Gasteiger partial charge in [-0.05, 0) is 49.4 Å². The van der Waals surface area contributed by atoms with Crippen molar-refractivity contribution in [3.8, 4) is 12.1 Å². The van der Waals surface area contributed by atoms with Crippen LogP contribution in [0.3, 0.4) is 0 Å². The predicted octanol–water partition coefficient (Wildman–Crippen LogP) is 2.54. The van der Waals surface area contributed by atoms with Gasteiger partial charge in [-0.15, -0.1) is 0 Å². The monoisotopic (exact) mass is 484 g/mol. The lowest BCUT2D eigenvalue weighted by Gasteiger charge is -2.33. The van der Waals surface area contributed by atoms with Crippen LogP contribution in [0.4, 0.5) is 10.2 Å². The first-order valence-electron chi connectivity index (χ1n) is 10.9. The molecule has 3 N–H and O–H groups in total. The Morgan fingerprint density at radius 1 is 1.17 bits per heavy atom. The Morgan fingerprint density at radius 2 is 1.97 bits per heavy atom. The summed E-state index contributed by atoms with van der Waals surface area (Å²) >= 11 is 0. The van der Waals surface area contributed by atoms with E-state index in [-0.39, 0.29) is 17.8 Å². The second-order valence-electron chi connectivity index (χ2n) is 8.30. The first-order chi connectivity index (χ1) is 17.3. The van der Waals surface area contributed by atoms with Crippen molar-refractivity contribution < 1.29 is 14.3 Å². The van der Waals surface area contributed by atoms with Crippen LogP contribution in [0.25, 0.3) is 5.52 Å². The number of alkyl halides is 1. The van der Waals surface area contributed by atoms with Gasteiger partial charge in [-0.3, -0.25) is 9.78 Å². The molecule has 0 aliphatic heterocycles. The van der Waals surface area contributed by atoms with Crippen LogP contribution in [-0.2, 0) is 0 Å². The SMILES string of the molecule is C[C@@](O)(CNc1ccc(C#N)cn1)[C@H](F)[C@H](NC(=O)c1cccnc1)c1ccc2cc(C#N)cnn12. The number of fused-ring (bicyclic) bond motifs is 1. The van der Waals surface area contributed by atoms with Crippen LogP contribution < -0.4 is 10.6 Å². The summed E-state index contributed by atoms with van der Waals surface area (Å²) in [6.45, 7) is 1.05. The molecule has 180 valence electrons. The Bertz CT molecular complexity index is 1460. The number of hydrogen-bond acceptors (Lipinski definition) is 8. The van der Waals surface area contributed by atoms with Crippen LogP contribution in [0.5, 0.6) is 0 Å². The molecule has 3 atom stereocenters. The lowest BCUT2D eigenvalue weighted by Crippen LogP contribution is -2.50. The zero-order chi connectivity index (χ0) is 25.7. The van der Waals surface area contributed by atoms with Gasteiger partial charge in [0, 0.05) is 25.1 Å².